The van der Waals surface area contributed by atoms with E-state index in [2.05, 4.69) is 0 Å². The molecule has 1 aliphatic rings. The fourth-order valence-corrected chi connectivity index (χ4v) is 2.75. The monoisotopic (exact) mass is 290 g/mol. The van der Waals surface area contributed by atoms with Crippen molar-refractivity contribution >= 4 is 17.6 Å². The fourth-order valence-electron chi connectivity index (χ4n) is 2.75. The molecule has 1 aliphatic heterocycles. The van der Waals surface area contributed by atoms with Crippen LogP contribution in [0.15, 0.2) is 18.2 Å². The van der Waals surface area contributed by atoms with Crippen molar-refractivity contribution in [2.24, 2.45) is 11.1 Å². The number of likely N-dealkylation sites (N-methyl/N-ethyl adjacent to an activating group) is 1. The van der Waals surface area contributed by atoms with E-state index in [-0.39, 0.29) is 17.9 Å². The highest BCUT2D eigenvalue weighted by molar-refractivity contribution is 6.00. The number of methoxy groups -OCH3 is 1. The third-order valence-electron chi connectivity index (χ3n) is 4.08. The second-order valence-electron chi connectivity index (χ2n) is 6.20. The zero-order valence-corrected chi connectivity index (χ0v) is 13.0. The lowest BCUT2D eigenvalue weighted by molar-refractivity contribution is -0.151. The van der Waals surface area contributed by atoms with Gasteiger partial charge in [-0.15, -0.1) is 0 Å². The van der Waals surface area contributed by atoms with E-state index in [0.717, 1.165) is 16.8 Å². The Morgan fingerprint density at radius 2 is 2.14 bits per heavy atom. The van der Waals surface area contributed by atoms with Gasteiger partial charge in [-0.25, -0.2) is 0 Å². The number of fused-ring (bicyclic) bond motifs is 1. The largest absolute Gasteiger partial charge is 0.469 e. The van der Waals surface area contributed by atoms with Gasteiger partial charge < -0.3 is 15.4 Å². The van der Waals surface area contributed by atoms with Crippen LogP contribution >= 0.6 is 0 Å². The molecule has 0 saturated heterocycles. The van der Waals surface area contributed by atoms with Gasteiger partial charge in [0.15, 0.2) is 0 Å². The Morgan fingerprint density at radius 3 is 2.76 bits per heavy atom. The van der Waals surface area contributed by atoms with E-state index in [9.17, 15) is 9.59 Å². The molecule has 1 aromatic carbocycles. The lowest BCUT2D eigenvalue weighted by Crippen LogP contribution is -2.30. The zero-order valence-electron chi connectivity index (χ0n) is 13.0. The molecule has 1 unspecified atom stereocenters. The molecule has 0 saturated carbocycles. The fraction of sp³-hybridized carbons (Fsp3) is 0.500. The summed E-state index contributed by atoms with van der Waals surface area (Å²) in [5, 5.41) is 0. The van der Waals surface area contributed by atoms with Crippen molar-refractivity contribution in [2.45, 2.75) is 32.7 Å². The number of amides is 1. The summed E-state index contributed by atoms with van der Waals surface area (Å²) >= 11 is 0. The molecule has 114 valence electrons. The lowest BCUT2D eigenvalue weighted by atomic mass is 9.83. The first-order chi connectivity index (χ1) is 9.76. The highest BCUT2D eigenvalue weighted by Crippen LogP contribution is 2.34. The number of nitrogens with two attached hydrogens (primary N) is 1. The van der Waals surface area contributed by atoms with Crippen molar-refractivity contribution in [1.82, 2.24) is 0 Å². The van der Waals surface area contributed by atoms with Crippen LogP contribution in [0.5, 0.6) is 0 Å². The molecular formula is C16H22N2O3. The molecule has 0 radical (unpaired) electrons. The van der Waals surface area contributed by atoms with Crippen LogP contribution in [0.3, 0.4) is 0 Å². The first-order valence-electron chi connectivity index (χ1n) is 6.99. The van der Waals surface area contributed by atoms with Crippen molar-refractivity contribution in [2.75, 3.05) is 19.1 Å². The Labute approximate surface area is 125 Å². The smallest absolute Gasteiger partial charge is 0.311 e. The molecule has 21 heavy (non-hydrogen) atoms. The molecule has 1 amide bonds. The van der Waals surface area contributed by atoms with Crippen LogP contribution in [-0.4, -0.2) is 26.0 Å². The van der Waals surface area contributed by atoms with Crippen molar-refractivity contribution in [1.29, 1.82) is 0 Å². The lowest BCUT2D eigenvalue weighted by Gasteiger charge is -2.25. The van der Waals surface area contributed by atoms with Crippen LogP contribution < -0.4 is 10.6 Å². The molecule has 0 fully saturated rings. The van der Waals surface area contributed by atoms with E-state index in [1.54, 1.807) is 11.9 Å². The normalized spacial score (nSPS) is 15.9. The van der Waals surface area contributed by atoms with Crippen LogP contribution in [0.2, 0.25) is 0 Å². The summed E-state index contributed by atoms with van der Waals surface area (Å²) in [6.07, 6.45) is 0.898. The zero-order chi connectivity index (χ0) is 15.8. The average Bonchev–Trinajstić information content (AvgIpc) is 2.72. The number of carbonyl (C=O) groups is 2. The summed E-state index contributed by atoms with van der Waals surface area (Å²) in [4.78, 5) is 25.1. The van der Waals surface area contributed by atoms with Gasteiger partial charge >= 0.3 is 5.97 Å². The van der Waals surface area contributed by atoms with Crippen molar-refractivity contribution in [3.8, 4) is 0 Å². The molecule has 1 heterocycles. The minimum absolute atomic E-state index is 0.0885. The summed E-state index contributed by atoms with van der Waals surface area (Å²) in [6.45, 7) is 3.65. The maximum Gasteiger partial charge on any atom is 0.311 e. The maximum absolute atomic E-state index is 11.7. The molecule has 0 aromatic heterocycles. The van der Waals surface area contributed by atoms with Crippen LogP contribution in [0, 0.1) is 5.41 Å². The van der Waals surface area contributed by atoms with Crippen LogP contribution in [0.4, 0.5) is 5.69 Å². The molecule has 2 rings (SSSR count). The SMILES string of the molecule is COC(=O)C(C)(C)CC(N)c1ccc2c(c1)CC(=O)N2C. The van der Waals surface area contributed by atoms with E-state index in [1.807, 2.05) is 32.0 Å². The second-order valence-corrected chi connectivity index (χ2v) is 6.20. The van der Waals surface area contributed by atoms with Gasteiger partial charge in [0.25, 0.3) is 0 Å². The van der Waals surface area contributed by atoms with Crippen molar-refractivity contribution in [3.05, 3.63) is 29.3 Å². The summed E-state index contributed by atoms with van der Waals surface area (Å²) in [6, 6.07) is 5.53. The molecule has 1 atom stereocenters. The quantitative estimate of drug-likeness (QED) is 0.858. The number of hydrogen-bond acceptors (Lipinski definition) is 4. The number of benzene rings is 1. The van der Waals surface area contributed by atoms with E-state index >= 15 is 0 Å². The number of carbonyl (C=O) groups excluding carboxylic acids is 2. The molecule has 0 spiro atoms. The Bertz CT molecular complexity index is 581. The van der Waals surface area contributed by atoms with Gasteiger partial charge in [0.05, 0.1) is 18.9 Å². The number of hydrogen-bond donors (Lipinski definition) is 1. The maximum atomic E-state index is 11.7. The van der Waals surface area contributed by atoms with Gasteiger partial charge in [-0.05, 0) is 37.5 Å². The van der Waals surface area contributed by atoms with Crippen molar-refractivity contribution < 1.29 is 14.3 Å². The van der Waals surface area contributed by atoms with Gasteiger partial charge in [-0.1, -0.05) is 12.1 Å². The van der Waals surface area contributed by atoms with Gasteiger partial charge in [0.1, 0.15) is 0 Å². The Hall–Kier alpha value is -1.88. The second kappa shape index (κ2) is 5.48. The minimum Gasteiger partial charge on any atom is -0.469 e. The Kier molecular flexibility index (Phi) is 4.05. The van der Waals surface area contributed by atoms with Crippen LogP contribution in [0.1, 0.15) is 37.4 Å². The summed E-state index contributed by atoms with van der Waals surface area (Å²) in [7, 11) is 3.15. The van der Waals surface area contributed by atoms with E-state index < -0.39 is 5.41 Å². The summed E-state index contributed by atoms with van der Waals surface area (Å²) in [5.41, 5.74) is 8.46. The van der Waals surface area contributed by atoms with Gasteiger partial charge in [-0.2, -0.15) is 0 Å². The predicted octanol–water partition coefficient (Wildman–Crippen LogP) is 1.79. The molecule has 1 aromatic rings. The first kappa shape index (κ1) is 15.5. The van der Waals surface area contributed by atoms with Crippen LogP contribution in [-0.2, 0) is 20.7 Å². The first-order valence-corrected chi connectivity index (χ1v) is 6.99. The highest BCUT2D eigenvalue weighted by Gasteiger charge is 2.32. The number of ether oxygens (including phenoxy) is 1. The minimum atomic E-state index is -0.639. The molecule has 0 aliphatic carbocycles. The topological polar surface area (TPSA) is 72.6 Å². The molecule has 0 bridgehead atoms. The molecule has 2 N–H and O–H groups in total. The predicted molar refractivity (Wildman–Crippen MR) is 80.9 cm³/mol. The standard InChI is InChI=1S/C16H22N2O3/c1-16(2,15(20)21-4)9-12(17)10-5-6-13-11(7-10)8-14(19)18(13)3/h5-7,12H,8-9,17H2,1-4H3. The van der Waals surface area contributed by atoms with Gasteiger partial charge in [-0.3, -0.25) is 9.59 Å². The average molecular weight is 290 g/mol. The van der Waals surface area contributed by atoms with Gasteiger partial charge in [0, 0.05) is 18.8 Å². The third kappa shape index (κ3) is 2.93. The van der Waals surface area contributed by atoms with Gasteiger partial charge in [0.2, 0.25) is 5.91 Å². The highest BCUT2D eigenvalue weighted by atomic mass is 16.5. The number of rotatable bonds is 4. The summed E-state index contributed by atoms with van der Waals surface area (Å²) < 4.78 is 4.81. The number of nitrogens with zero attached hydrogens (tertiary/aromatic N) is 1. The Morgan fingerprint density at radius 1 is 1.48 bits per heavy atom. The molecular weight excluding hydrogens is 268 g/mol. The van der Waals surface area contributed by atoms with E-state index in [4.69, 9.17) is 10.5 Å². The summed E-state index contributed by atoms with van der Waals surface area (Å²) in [5.74, 6) is -0.181. The molecule has 5 heteroatoms. The Balaban J connectivity index is 2.18. The number of anilines is 1. The van der Waals surface area contributed by atoms with Crippen molar-refractivity contribution in [3.63, 3.8) is 0 Å². The van der Waals surface area contributed by atoms with E-state index in [1.165, 1.54) is 7.11 Å². The van der Waals surface area contributed by atoms with E-state index in [0.29, 0.717) is 12.8 Å². The molecule has 5 nitrogen and oxygen atoms in total. The van der Waals surface area contributed by atoms with Crippen LogP contribution in [0.25, 0.3) is 0 Å². The number of esters is 1. The third-order valence-corrected chi connectivity index (χ3v) is 4.08.